The van der Waals surface area contributed by atoms with Crippen LogP contribution in [-0.4, -0.2) is 32.4 Å². The Morgan fingerprint density at radius 3 is 3.00 bits per heavy atom. The van der Waals surface area contributed by atoms with Gasteiger partial charge in [-0.1, -0.05) is 0 Å². The van der Waals surface area contributed by atoms with Crippen molar-refractivity contribution in [3.63, 3.8) is 0 Å². The average Bonchev–Trinajstić information content (AvgIpc) is 2.26. The van der Waals surface area contributed by atoms with Gasteiger partial charge in [0.25, 0.3) is 0 Å². The van der Waals surface area contributed by atoms with E-state index in [0.29, 0.717) is 12.5 Å². The first-order chi connectivity index (χ1) is 7.36. The molecule has 1 heterocycles. The number of rotatable bonds is 7. The van der Waals surface area contributed by atoms with E-state index in [-0.39, 0.29) is 0 Å². The smallest absolute Gasteiger partial charge is 0.213 e. The van der Waals surface area contributed by atoms with E-state index >= 15 is 0 Å². The van der Waals surface area contributed by atoms with E-state index in [9.17, 15) is 0 Å². The molecule has 1 aromatic rings. The minimum Gasteiger partial charge on any atom is -0.478 e. The predicted octanol–water partition coefficient (Wildman–Crippen LogP) is 1.22. The highest BCUT2D eigenvalue weighted by molar-refractivity contribution is 5.20. The van der Waals surface area contributed by atoms with Crippen molar-refractivity contribution < 1.29 is 9.47 Å². The van der Waals surface area contributed by atoms with Crippen LogP contribution in [-0.2, 0) is 11.3 Å². The minimum atomic E-state index is 0.643. The maximum absolute atomic E-state index is 5.48. The van der Waals surface area contributed by atoms with Gasteiger partial charge < -0.3 is 14.8 Å². The van der Waals surface area contributed by atoms with Crippen LogP contribution in [0.25, 0.3) is 0 Å². The predicted molar refractivity (Wildman–Crippen MR) is 59.0 cm³/mol. The van der Waals surface area contributed by atoms with Crippen molar-refractivity contribution in [3.05, 3.63) is 23.9 Å². The number of pyridine rings is 1. The third-order valence-electron chi connectivity index (χ3n) is 1.92. The molecule has 0 aliphatic carbocycles. The lowest BCUT2D eigenvalue weighted by atomic mass is 10.3. The fourth-order valence-corrected chi connectivity index (χ4v) is 1.22. The molecule has 0 aliphatic rings. The second kappa shape index (κ2) is 7.20. The highest BCUT2D eigenvalue weighted by atomic mass is 16.5. The van der Waals surface area contributed by atoms with Gasteiger partial charge in [-0.3, -0.25) is 0 Å². The van der Waals surface area contributed by atoms with Gasteiger partial charge >= 0.3 is 0 Å². The Bertz CT molecular complexity index is 279. The molecule has 0 spiro atoms. The number of methoxy groups -OCH3 is 1. The van der Waals surface area contributed by atoms with Crippen molar-refractivity contribution >= 4 is 0 Å². The van der Waals surface area contributed by atoms with Crippen molar-refractivity contribution in [2.24, 2.45) is 0 Å². The van der Waals surface area contributed by atoms with Gasteiger partial charge in [-0.05, 0) is 18.7 Å². The van der Waals surface area contributed by atoms with Gasteiger partial charge in [0.05, 0.1) is 6.61 Å². The number of aromatic nitrogens is 1. The molecule has 0 saturated heterocycles. The lowest BCUT2D eigenvalue weighted by molar-refractivity contribution is 0.170. The van der Waals surface area contributed by atoms with E-state index in [2.05, 4.69) is 10.3 Å². The molecule has 1 N–H and O–H groups in total. The molecule has 0 fully saturated rings. The second-order valence-corrected chi connectivity index (χ2v) is 3.23. The van der Waals surface area contributed by atoms with Gasteiger partial charge in [-0.2, -0.15) is 0 Å². The maximum atomic E-state index is 5.48. The third kappa shape index (κ3) is 4.76. The number of hydrogen-bond donors (Lipinski definition) is 1. The standard InChI is InChI=1S/C11H18N2O2/c1-12-9-10-4-5-13-11(8-10)15-7-3-6-14-2/h4-5,8,12H,3,6-7,9H2,1-2H3. The molecular formula is C11H18N2O2. The topological polar surface area (TPSA) is 43.4 Å². The van der Waals surface area contributed by atoms with Gasteiger partial charge in [0, 0.05) is 38.9 Å². The van der Waals surface area contributed by atoms with E-state index in [0.717, 1.165) is 19.6 Å². The van der Waals surface area contributed by atoms with Crippen LogP contribution < -0.4 is 10.1 Å². The first kappa shape index (κ1) is 11.9. The molecule has 0 aromatic carbocycles. The summed E-state index contributed by atoms with van der Waals surface area (Å²) in [5.74, 6) is 0.679. The quantitative estimate of drug-likeness (QED) is 0.687. The Morgan fingerprint density at radius 2 is 2.27 bits per heavy atom. The zero-order valence-corrected chi connectivity index (χ0v) is 9.32. The summed E-state index contributed by atoms with van der Waals surface area (Å²) in [6, 6.07) is 3.92. The Kier molecular flexibility index (Phi) is 5.73. The van der Waals surface area contributed by atoms with Crippen molar-refractivity contribution in [3.8, 4) is 5.88 Å². The van der Waals surface area contributed by atoms with E-state index in [4.69, 9.17) is 9.47 Å². The van der Waals surface area contributed by atoms with Crippen LogP contribution in [0.3, 0.4) is 0 Å². The van der Waals surface area contributed by atoms with Gasteiger partial charge in [0.2, 0.25) is 5.88 Å². The van der Waals surface area contributed by atoms with Crippen LogP contribution in [0.2, 0.25) is 0 Å². The molecule has 0 aliphatic heterocycles. The van der Waals surface area contributed by atoms with E-state index in [1.165, 1.54) is 5.56 Å². The highest BCUT2D eigenvalue weighted by Crippen LogP contribution is 2.09. The van der Waals surface area contributed by atoms with Crippen LogP contribution in [0.1, 0.15) is 12.0 Å². The van der Waals surface area contributed by atoms with Crippen LogP contribution in [0.15, 0.2) is 18.3 Å². The largest absolute Gasteiger partial charge is 0.478 e. The Balaban J connectivity index is 2.36. The summed E-state index contributed by atoms with van der Waals surface area (Å²) < 4.78 is 10.4. The van der Waals surface area contributed by atoms with Crippen LogP contribution >= 0.6 is 0 Å². The average molecular weight is 210 g/mol. The van der Waals surface area contributed by atoms with E-state index in [1.807, 2.05) is 19.2 Å². The fraction of sp³-hybridized carbons (Fsp3) is 0.545. The summed E-state index contributed by atoms with van der Waals surface area (Å²) >= 11 is 0. The molecule has 0 bridgehead atoms. The zero-order valence-electron chi connectivity index (χ0n) is 9.32. The number of nitrogens with one attached hydrogen (secondary N) is 1. The second-order valence-electron chi connectivity index (χ2n) is 3.23. The van der Waals surface area contributed by atoms with E-state index < -0.39 is 0 Å². The molecule has 4 heteroatoms. The maximum Gasteiger partial charge on any atom is 0.213 e. The molecule has 0 atom stereocenters. The molecule has 4 nitrogen and oxygen atoms in total. The minimum absolute atomic E-state index is 0.643. The van der Waals surface area contributed by atoms with Crippen LogP contribution in [0.5, 0.6) is 5.88 Å². The van der Waals surface area contributed by atoms with Gasteiger partial charge in [-0.15, -0.1) is 0 Å². The van der Waals surface area contributed by atoms with Crippen molar-refractivity contribution in [1.82, 2.24) is 10.3 Å². The summed E-state index contributed by atoms with van der Waals surface area (Å²) in [4.78, 5) is 4.13. The molecule has 0 radical (unpaired) electrons. The lowest BCUT2D eigenvalue weighted by Crippen LogP contribution is -2.06. The summed E-state index contributed by atoms with van der Waals surface area (Å²) in [7, 11) is 3.60. The van der Waals surface area contributed by atoms with Crippen molar-refractivity contribution in [2.45, 2.75) is 13.0 Å². The van der Waals surface area contributed by atoms with Gasteiger partial charge in [-0.25, -0.2) is 4.98 Å². The summed E-state index contributed by atoms with van der Waals surface area (Å²) in [6.45, 7) is 2.19. The van der Waals surface area contributed by atoms with Crippen LogP contribution in [0, 0.1) is 0 Å². The molecule has 1 aromatic heterocycles. The van der Waals surface area contributed by atoms with Gasteiger partial charge in [0.1, 0.15) is 0 Å². The molecule has 0 unspecified atom stereocenters. The normalized spacial score (nSPS) is 10.3. The molecule has 84 valence electrons. The molecular weight excluding hydrogens is 192 g/mol. The summed E-state index contributed by atoms with van der Waals surface area (Å²) in [5, 5.41) is 3.08. The number of ether oxygens (including phenoxy) is 2. The Morgan fingerprint density at radius 1 is 1.40 bits per heavy atom. The first-order valence-corrected chi connectivity index (χ1v) is 5.08. The monoisotopic (exact) mass is 210 g/mol. The Labute approximate surface area is 90.6 Å². The SMILES string of the molecule is CNCc1ccnc(OCCCOC)c1. The first-order valence-electron chi connectivity index (χ1n) is 5.08. The number of hydrogen-bond acceptors (Lipinski definition) is 4. The van der Waals surface area contributed by atoms with Gasteiger partial charge in [0.15, 0.2) is 0 Å². The lowest BCUT2D eigenvalue weighted by Gasteiger charge is -2.06. The van der Waals surface area contributed by atoms with Crippen molar-refractivity contribution in [1.29, 1.82) is 0 Å². The molecule has 15 heavy (non-hydrogen) atoms. The van der Waals surface area contributed by atoms with E-state index in [1.54, 1.807) is 13.3 Å². The van der Waals surface area contributed by atoms with Crippen LogP contribution in [0.4, 0.5) is 0 Å². The molecule has 0 amide bonds. The zero-order chi connectivity index (χ0) is 10.9. The summed E-state index contributed by atoms with van der Waals surface area (Å²) in [5.41, 5.74) is 1.18. The fourth-order valence-electron chi connectivity index (χ4n) is 1.22. The van der Waals surface area contributed by atoms with Crippen molar-refractivity contribution in [2.75, 3.05) is 27.4 Å². The molecule has 0 saturated carbocycles. The highest BCUT2D eigenvalue weighted by Gasteiger charge is 1.97. The summed E-state index contributed by atoms with van der Waals surface area (Å²) in [6.07, 6.45) is 2.65. The number of nitrogens with zero attached hydrogens (tertiary/aromatic N) is 1. The third-order valence-corrected chi connectivity index (χ3v) is 1.92. The molecule has 1 rings (SSSR count). The Hall–Kier alpha value is -1.13.